The largest absolute Gasteiger partial charge is 0.457 e. The highest BCUT2D eigenvalue weighted by Crippen LogP contribution is 2.30. The third kappa shape index (κ3) is 4.41. The van der Waals surface area contributed by atoms with E-state index in [1.165, 1.54) is 4.31 Å². The number of ether oxygens (including phenoxy) is 1. The molecule has 25 heavy (non-hydrogen) atoms. The molecule has 5 nitrogen and oxygen atoms in total. The van der Waals surface area contributed by atoms with Gasteiger partial charge in [-0.2, -0.15) is 4.31 Å². The quantitative estimate of drug-likeness (QED) is 0.816. The lowest BCUT2D eigenvalue weighted by molar-refractivity contribution is 0.360. The number of benzene rings is 2. The van der Waals surface area contributed by atoms with Gasteiger partial charge in [-0.3, -0.25) is 0 Å². The molecule has 0 bridgehead atoms. The normalized spacial score (nSPS) is 16.0. The number of hydrogen-bond acceptors (Lipinski definition) is 4. The number of aryl methyl sites for hydroxylation is 2. The van der Waals surface area contributed by atoms with Crippen molar-refractivity contribution in [2.45, 2.75) is 18.7 Å². The molecule has 2 aromatic rings. The molecule has 0 saturated carbocycles. The second-order valence-electron chi connectivity index (χ2n) is 6.20. The summed E-state index contributed by atoms with van der Waals surface area (Å²) >= 11 is 3.40. The molecule has 2 aromatic carbocycles. The summed E-state index contributed by atoms with van der Waals surface area (Å²) in [6.45, 7) is 6.28. The summed E-state index contributed by atoms with van der Waals surface area (Å²) in [5, 5.41) is 3.16. The molecule has 0 aliphatic carbocycles. The van der Waals surface area contributed by atoms with Crippen LogP contribution in [0.3, 0.4) is 0 Å². The van der Waals surface area contributed by atoms with E-state index in [0.717, 1.165) is 11.1 Å². The Morgan fingerprint density at radius 2 is 1.56 bits per heavy atom. The molecule has 0 unspecified atom stereocenters. The molecule has 0 atom stereocenters. The van der Waals surface area contributed by atoms with Gasteiger partial charge in [0.2, 0.25) is 10.0 Å². The molecule has 0 radical (unpaired) electrons. The van der Waals surface area contributed by atoms with Gasteiger partial charge >= 0.3 is 0 Å². The van der Waals surface area contributed by atoms with E-state index in [2.05, 4.69) is 27.3 Å². The smallest absolute Gasteiger partial charge is 0.243 e. The van der Waals surface area contributed by atoms with E-state index >= 15 is 0 Å². The van der Waals surface area contributed by atoms with Crippen LogP contribution in [0.4, 0.5) is 0 Å². The summed E-state index contributed by atoms with van der Waals surface area (Å²) < 4.78 is 33.8. The Balaban J connectivity index is 1.92. The van der Waals surface area contributed by atoms with Crippen LogP contribution in [0.5, 0.6) is 11.5 Å². The van der Waals surface area contributed by atoms with Crippen molar-refractivity contribution in [3.05, 3.63) is 52.0 Å². The lowest BCUT2D eigenvalue weighted by Gasteiger charge is -2.26. The monoisotopic (exact) mass is 424 g/mol. The summed E-state index contributed by atoms with van der Waals surface area (Å²) in [6.07, 6.45) is 0. The maximum Gasteiger partial charge on any atom is 0.243 e. The van der Waals surface area contributed by atoms with Gasteiger partial charge in [-0.25, -0.2) is 8.42 Å². The molecule has 1 aliphatic rings. The molecule has 1 heterocycles. The summed E-state index contributed by atoms with van der Waals surface area (Å²) in [7, 11) is -3.53. The van der Waals surface area contributed by atoms with Gasteiger partial charge in [-0.1, -0.05) is 22.0 Å². The predicted octanol–water partition coefficient (Wildman–Crippen LogP) is 3.45. The number of nitrogens with one attached hydrogen (secondary N) is 1. The van der Waals surface area contributed by atoms with E-state index < -0.39 is 10.0 Å². The summed E-state index contributed by atoms with van der Waals surface area (Å²) in [5.74, 6) is 1.19. The molecule has 1 N–H and O–H groups in total. The number of rotatable bonds is 4. The highest BCUT2D eigenvalue weighted by atomic mass is 79.9. The van der Waals surface area contributed by atoms with Gasteiger partial charge in [0.15, 0.2) is 0 Å². The van der Waals surface area contributed by atoms with Gasteiger partial charge in [0, 0.05) is 36.7 Å². The van der Waals surface area contributed by atoms with Gasteiger partial charge in [0.25, 0.3) is 0 Å². The van der Waals surface area contributed by atoms with Crippen molar-refractivity contribution in [2.24, 2.45) is 0 Å². The van der Waals surface area contributed by atoms with Gasteiger partial charge in [-0.05, 0) is 49.2 Å². The SMILES string of the molecule is Cc1cc(C)cc(Oc2cc(Br)cc(S(=O)(=O)N3CCNCC3)c2)c1. The van der Waals surface area contributed by atoms with Crippen LogP contribution >= 0.6 is 15.9 Å². The first-order chi connectivity index (χ1) is 11.8. The first-order valence-electron chi connectivity index (χ1n) is 8.12. The molecule has 0 spiro atoms. The zero-order chi connectivity index (χ0) is 18.0. The molecular formula is C18H21BrN2O3S. The molecule has 3 rings (SSSR count). The Morgan fingerprint density at radius 3 is 2.20 bits per heavy atom. The molecule has 0 amide bonds. The standard InChI is InChI=1S/C18H21BrN2O3S/c1-13-7-14(2)9-16(8-13)24-17-10-15(19)11-18(12-17)25(22,23)21-5-3-20-4-6-21/h7-12,20H,3-6H2,1-2H3. The van der Waals surface area contributed by atoms with Crippen LogP contribution in [0.2, 0.25) is 0 Å². The Labute approximate surface area is 157 Å². The van der Waals surface area contributed by atoms with Gasteiger partial charge < -0.3 is 10.1 Å². The van der Waals surface area contributed by atoms with E-state index in [0.29, 0.717) is 42.2 Å². The van der Waals surface area contributed by atoms with Crippen molar-refractivity contribution in [3.8, 4) is 11.5 Å². The maximum atomic E-state index is 12.9. The lowest BCUT2D eigenvalue weighted by Crippen LogP contribution is -2.46. The molecule has 1 saturated heterocycles. The fourth-order valence-corrected chi connectivity index (χ4v) is 5.03. The minimum Gasteiger partial charge on any atom is -0.457 e. The molecule has 0 aromatic heterocycles. The number of sulfonamides is 1. The fourth-order valence-electron chi connectivity index (χ4n) is 2.91. The lowest BCUT2D eigenvalue weighted by atomic mass is 10.1. The van der Waals surface area contributed by atoms with Crippen molar-refractivity contribution < 1.29 is 13.2 Å². The third-order valence-electron chi connectivity index (χ3n) is 3.99. The minimum atomic E-state index is -3.53. The van der Waals surface area contributed by atoms with Gasteiger partial charge in [0.05, 0.1) is 4.90 Å². The fraction of sp³-hybridized carbons (Fsp3) is 0.333. The molecule has 1 fully saturated rings. The van der Waals surface area contributed by atoms with Crippen LogP contribution in [-0.2, 0) is 10.0 Å². The second-order valence-corrected chi connectivity index (χ2v) is 9.06. The van der Waals surface area contributed by atoms with E-state index in [-0.39, 0.29) is 4.90 Å². The average molecular weight is 425 g/mol. The van der Waals surface area contributed by atoms with E-state index in [9.17, 15) is 8.42 Å². The van der Waals surface area contributed by atoms with Gasteiger partial charge in [-0.15, -0.1) is 0 Å². The third-order valence-corrected chi connectivity index (χ3v) is 6.32. The van der Waals surface area contributed by atoms with Crippen molar-refractivity contribution in [3.63, 3.8) is 0 Å². The van der Waals surface area contributed by atoms with Crippen molar-refractivity contribution in [2.75, 3.05) is 26.2 Å². The van der Waals surface area contributed by atoms with Crippen LogP contribution in [0, 0.1) is 13.8 Å². The Morgan fingerprint density at radius 1 is 0.960 bits per heavy atom. The van der Waals surface area contributed by atoms with E-state index in [4.69, 9.17) is 4.74 Å². The van der Waals surface area contributed by atoms with Crippen LogP contribution in [-0.4, -0.2) is 38.9 Å². The van der Waals surface area contributed by atoms with Crippen LogP contribution in [0.15, 0.2) is 45.8 Å². The maximum absolute atomic E-state index is 12.9. The molecule has 134 valence electrons. The van der Waals surface area contributed by atoms with Crippen molar-refractivity contribution in [1.29, 1.82) is 0 Å². The van der Waals surface area contributed by atoms with Crippen LogP contribution < -0.4 is 10.1 Å². The Hall–Kier alpha value is -1.41. The molecular weight excluding hydrogens is 404 g/mol. The molecule has 1 aliphatic heterocycles. The highest BCUT2D eigenvalue weighted by molar-refractivity contribution is 9.10. The van der Waals surface area contributed by atoms with Crippen LogP contribution in [0.25, 0.3) is 0 Å². The summed E-state index contributed by atoms with van der Waals surface area (Å²) in [6, 6.07) is 10.9. The minimum absolute atomic E-state index is 0.239. The zero-order valence-electron chi connectivity index (χ0n) is 14.3. The highest BCUT2D eigenvalue weighted by Gasteiger charge is 2.26. The van der Waals surface area contributed by atoms with Crippen molar-refractivity contribution in [1.82, 2.24) is 9.62 Å². The van der Waals surface area contributed by atoms with Crippen molar-refractivity contribution >= 4 is 26.0 Å². The Bertz CT molecular complexity index is 858. The second kappa shape index (κ2) is 7.45. The number of halogens is 1. The summed E-state index contributed by atoms with van der Waals surface area (Å²) in [5.41, 5.74) is 2.19. The first-order valence-corrected chi connectivity index (χ1v) is 10.4. The van der Waals surface area contributed by atoms with Gasteiger partial charge in [0.1, 0.15) is 11.5 Å². The zero-order valence-corrected chi connectivity index (χ0v) is 16.7. The van der Waals surface area contributed by atoms with E-state index in [1.807, 2.05) is 26.0 Å². The van der Waals surface area contributed by atoms with Crippen LogP contribution in [0.1, 0.15) is 11.1 Å². The molecule has 7 heteroatoms. The van der Waals surface area contributed by atoms with E-state index in [1.54, 1.807) is 18.2 Å². The Kier molecular flexibility index (Phi) is 5.48. The summed E-state index contributed by atoms with van der Waals surface area (Å²) in [4.78, 5) is 0.239. The number of hydrogen-bond donors (Lipinski definition) is 1. The number of piperazine rings is 1. The topological polar surface area (TPSA) is 58.6 Å². The predicted molar refractivity (Wildman–Crippen MR) is 102 cm³/mol. The number of nitrogens with zero attached hydrogens (tertiary/aromatic N) is 1. The first kappa shape index (κ1) is 18.4. The average Bonchev–Trinajstić information content (AvgIpc) is 2.54.